The number of hydrogen-bond donors (Lipinski definition) is 2. The van der Waals surface area contributed by atoms with Gasteiger partial charge >= 0.3 is 0 Å². The van der Waals surface area contributed by atoms with E-state index in [-0.39, 0.29) is 16.0 Å². The molecular formula is C17H18ClN3O2S. The second kappa shape index (κ2) is 8.52. The van der Waals surface area contributed by atoms with Crippen molar-refractivity contribution in [2.75, 3.05) is 6.54 Å². The number of rotatable bonds is 5. The average molecular weight is 364 g/mol. The fraction of sp³-hybridized carbons (Fsp3) is 0.176. The zero-order chi connectivity index (χ0) is 17.5. The third kappa shape index (κ3) is 4.84. The number of nitrogens with zero attached hydrogens (tertiary/aromatic N) is 1. The van der Waals surface area contributed by atoms with Crippen LogP contribution in [0.15, 0.2) is 48.5 Å². The Morgan fingerprint density at radius 2 is 2.00 bits per heavy atom. The molecular weight excluding hydrogens is 346 g/mol. The highest BCUT2D eigenvalue weighted by atomic mass is 35.5. The molecule has 0 radical (unpaired) electrons. The predicted molar refractivity (Wildman–Crippen MR) is 98.9 cm³/mol. The summed E-state index contributed by atoms with van der Waals surface area (Å²) in [5.74, 6) is 0.200. The van der Waals surface area contributed by atoms with E-state index in [1.165, 1.54) is 5.01 Å². The third-order valence-electron chi connectivity index (χ3n) is 3.25. The second-order valence-corrected chi connectivity index (χ2v) is 5.76. The van der Waals surface area contributed by atoms with Gasteiger partial charge in [0.1, 0.15) is 12.4 Å². The molecule has 5 nitrogen and oxygen atoms in total. The van der Waals surface area contributed by atoms with Gasteiger partial charge in [-0.25, -0.2) is 0 Å². The molecule has 0 aliphatic heterocycles. The lowest BCUT2D eigenvalue weighted by molar-refractivity contribution is 0.0875. The Bertz CT molecular complexity index is 725. The number of nitrogens with two attached hydrogens (primary N) is 1. The summed E-state index contributed by atoms with van der Waals surface area (Å²) >= 11 is 11.0. The van der Waals surface area contributed by atoms with Crippen molar-refractivity contribution in [2.24, 2.45) is 5.73 Å². The van der Waals surface area contributed by atoms with E-state index in [1.54, 1.807) is 18.2 Å². The highest BCUT2D eigenvalue weighted by molar-refractivity contribution is 7.80. The molecule has 0 heterocycles. The molecule has 7 heteroatoms. The molecule has 1 amide bonds. The Labute approximate surface area is 151 Å². The van der Waals surface area contributed by atoms with Gasteiger partial charge in [-0.3, -0.25) is 15.2 Å². The summed E-state index contributed by atoms with van der Waals surface area (Å²) in [5.41, 5.74) is 9.49. The number of ether oxygens (including phenoxy) is 1. The van der Waals surface area contributed by atoms with Crippen LogP contribution < -0.4 is 15.9 Å². The van der Waals surface area contributed by atoms with E-state index in [4.69, 9.17) is 34.3 Å². The minimum Gasteiger partial charge on any atom is -0.489 e. The lowest BCUT2D eigenvalue weighted by atomic mass is 10.2. The maximum Gasteiger partial charge on any atom is 0.271 e. The highest BCUT2D eigenvalue weighted by Gasteiger charge is 2.14. The normalized spacial score (nSPS) is 10.1. The predicted octanol–water partition coefficient (Wildman–Crippen LogP) is 3.13. The molecule has 0 atom stereocenters. The van der Waals surface area contributed by atoms with Crippen molar-refractivity contribution < 1.29 is 9.53 Å². The minimum atomic E-state index is -0.385. The van der Waals surface area contributed by atoms with E-state index in [1.807, 2.05) is 37.3 Å². The van der Waals surface area contributed by atoms with Crippen LogP contribution in [0, 0.1) is 0 Å². The van der Waals surface area contributed by atoms with Crippen LogP contribution in [0.3, 0.4) is 0 Å². The lowest BCUT2D eigenvalue weighted by Crippen LogP contribution is -2.48. The number of hydrazine groups is 1. The van der Waals surface area contributed by atoms with Gasteiger partial charge in [0.05, 0.1) is 10.6 Å². The second-order valence-electron chi connectivity index (χ2n) is 4.94. The van der Waals surface area contributed by atoms with Gasteiger partial charge in [0.2, 0.25) is 0 Å². The van der Waals surface area contributed by atoms with Crippen molar-refractivity contribution in [3.63, 3.8) is 0 Å². The number of benzene rings is 2. The summed E-state index contributed by atoms with van der Waals surface area (Å²) in [6, 6.07) is 14.7. The summed E-state index contributed by atoms with van der Waals surface area (Å²) in [5, 5.41) is 1.75. The number of thiocarbonyl (C=S) groups is 1. The molecule has 0 bridgehead atoms. The largest absolute Gasteiger partial charge is 0.489 e. The fourth-order valence-corrected chi connectivity index (χ4v) is 2.41. The van der Waals surface area contributed by atoms with E-state index < -0.39 is 0 Å². The van der Waals surface area contributed by atoms with Crippen molar-refractivity contribution >= 4 is 34.8 Å². The number of hydrogen-bond acceptors (Lipinski definition) is 3. The zero-order valence-corrected chi connectivity index (χ0v) is 14.7. The molecule has 0 saturated heterocycles. The fourth-order valence-electron chi connectivity index (χ4n) is 1.98. The molecule has 2 aromatic carbocycles. The molecule has 0 unspecified atom stereocenters. The smallest absolute Gasteiger partial charge is 0.271 e. The van der Waals surface area contributed by atoms with Crippen LogP contribution in [-0.4, -0.2) is 22.6 Å². The number of nitrogens with one attached hydrogen (secondary N) is 1. The van der Waals surface area contributed by atoms with Crippen molar-refractivity contribution in [3.05, 3.63) is 64.7 Å². The minimum absolute atomic E-state index is 0.0878. The zero-order valence-electron chi connectivity index (χ0n) is 13.2. The van der Waals surface area contributed by atoms with Gasteiger partial charge in [0, 0.05) is 6.54 Å². The van der Waals surface area contributed by atoms with Crippen LogP contribution in [-0.2, 0) is 6.61 Å². The maximum atomic E-state index is 12.2. The Hall–Kier alpha value is -2.31. The first kappa shape index (κ1) is 18.0. The van der Waals surface area contributed by atoms with Crippen molar-refractivity contribution in [2.45, 2.75) is 13.5 Å². The van der Waals surface area contributed by atoms with Gasteiger partial charge in [-0.15, -0.1) is 0 Å². The molecule has 0 saturated carbocycles. The summed E-state index contributed by atoms with van der Waals surface area (Å²) in [4.78, 5) is 12.2. The first-order chi connectivity index (χ1) is 11.5. The Kier molecular flexibility index (Phi) is 6.40. The van der Waals surface area contributed by atoms with Crippen LogP contribution >= 0.6 is 23.8 Å². The topological polar surface area (TPSA) is 67.6 Å². The van der Waals surface area contributed by atoms with Crippen LogP contribution in [0.4, 0.5) is 0 Å². The van der Waals surface area contributed by atoms with Crippen LogP contribution in [0.2, 0.25) is 5.02 Å². The molecule has 24 heavy (non-hydrogen) atoms. The monoisotopic (exact) mass is 363 g/mol. The molecule has 0 fully saturated rings. The highest BCUT2D eigenvalue weighted by Crippen LogP contribution is 2.23. The Morgan fingerprint density at radius 3 is 2.58 bits per heavy atom. The lowest BCUT2D eigenvalue weighted by Gasteiger charge is -2.21. The summed E-state index contributed by atoms with van der Waals surface area (Å²) in [7, 11) is 0. The van der Waals surface area contributed by atoms with Crippen LogP contribution in [0.5, 0.6) is 5.75 Å². The van der Waals surface area contributed by atoms with Crippen molar-refractivity contribution in [3.8, 4) is 5.75 Å². The maximum absolute atomic E-state index is 12.2. The van der Waals surface area contributed by atoms with Gasteiger partial charge < -0.3 is 10.5 Å². The molecule has 0 aliphatic rings. The van der Waals surface area contributed by atoms with E-state index in [9.17, 15) is 4.79 Å². The molecule has 0 aromatic heterocycles. The van der Waals surface area contributed by atoms with Gasteiger partial charge in [0.25, 0.3) is 5.91 Å². The van der Waals surface area contributed by atoms with Crippen molar-refractivity contribution in [1.29, 1.82) is 0 Å². The van der Waals surface area contributed by atoms with Gasteiger partial charge in [0.15, 0.2) is 5.11 Å². The van der Waals surface area contributed by atoms with Crippen LogP contribution in [0.1, 0.15) is 22.8 Å². The van der Waals surface area contributed by atoms with E-state index >= 15 is 0 Å². The van der Waals surface area contributed by atoms with E-state index in [0.29, 0.717) is 24.5 Å². The van der Waals surface area contributed by atoms with Gasteiger partial charge in [-0.05, 0) is 42.9 Å². The molecule has 3 N–H and O–H groups in total. The van der Waals surface area contributed by atoms with Crippen molar-refractivity contribution in [1.82, 2.24) is 10.4 Å². The Balaban J connectivity index is 2.03. The summed E-state index contributed by atoms with van der Waals surface area (Å²) < 4.78 is 5.68. The molecule has 0 spiro atoms. The third-order valence-corrected chi connectivity index (χ3v) is 3.79. The SMILES string of the molecule is CCN(NC(=O)c1ccc(OCc2ccccc2)cc1Cl)C(N)=S. The Morgan fingerprint density at radius 1 is 1.29 bits per heavy atom. The molecule has 0 aliphatic carbocycles. The molecule has 2 aromatic rings. The average Bonchev–Trinajstić information content (AvgIpc) is 2.58. The summed E-state index contributed by atoms with van der Waals surface area (Å²) in [6.45, 7) is 2.70. The van der Waals surface area contributed by atoms with Gasteiger partial charge in [-0.2, -0.15) is 0 Å². The first-order valence-electron chi connectivity index (χ1n) is 7.35. The number of amides is 1. The molecule has 2 rings (SSSR count). The van der Waals surface area contributed by atoms with E-state index in [0.717, 1.165) is 5.56 Å². The van der Waals surface area contributed by atoms with Gasteiger partial charge in [-0.1, -0.05) is 41.9 Å². The molecule has 126 valence electrons. The standard InChI is InChI=1S/C17H18ClN3O2S/c1-2-21(17(19)24)20-16(22)14-9-8-13(10-15(14)18)23-11-12-6-4-3-5-7-12/h3-10H,2,11H2,1H3,(H2,19,24)(H,20,22). The number of carbonyl (C=O) groups is 1. The van der Waals surface area contributed by atoms with Crippen LogP contribution in [0.25, 0.3) is 0 Å². The number of halogens is 1. The first-order valence-corrected chi connectivity index (χ1v) is 8.14. The van der Waals surface area contributed by atoms with E-state index in [2.05, 4.69) is 5.43 Å². The quantitative estimate of drug-likeness (QED) is 0.631. The summed E-state index contributed by atoms with van der Waals surface area (Å²) in [6.07, 6.45) is 0. The number of carbonyl (C=O) groups excluding carboxylic acids is 1.